The van der Waals surface area contributed by atoms with E-state index in [0.717, 1.165) is 13.1 Å². The molecule has 6 heteroatoms. The Morgan fingerprint density at radius 1 is 1.32 bits per heavy atom. The molecule has 2 fully saturated rings. The van der Waals surface area contributed by atoms with Crippen LogP contribution in [-0.2, 0) is 4.74 Å². The van der Waals surface area contributed by atoms with Gasteiger partial charge < -0.3 is 15.8 Å². The zero-order chi connectivity index (χ0) is 16.2. The number of nitrogens with one attached hydrogen (secondary N) is 1. The van der Waals surface area contributed by atoms with E-state index >= 15 is 0 Å². The number of carbonyl (C=O) groups is 1. The molecule has 1 amide bonds. The van der Waals surface area contributed by atoms with Gasteiger partial charge in [-0.2, -0.15) is 0 Å². The first-order valence-corrected chi connectivity index (χ1v) is 8.54. The lowest BCUT2D eigenvalue weighted by Crippen LogP contribution is -2.51. The summed E-state index contributed by atoms with van der Waals surface area (Å²) < 4.78 is 5.30. The van der Waals surface area contributed by atoms with E-state index < -0.39 is 5.60 Å². The average Bonchev–Trinajstić information content (AvgIpc) is 2.75. The molecule has 0 aromatic heterocycles. The van der Waals surface area contributed by atoms with Crippen LogP contribution in [0, 0.1) is 0 Å². The number of hydrogen-bond donors (Lipinski definition) is 2. The second-order valence-corrected chi connectivity index (χ2v) is 7.45. The second-order valence-electron chi connectivity index (χ2n) is 7.45. The van der Waals surface area contributed by atoms with Gasteiger partial charge in [-0.15, -0.1) is 0 Å². The highest BCUT2D eigenvalue weighted by atomic mass is 16.6. The van der Waals surface area contributed by atoms with Crippen LogP contribution in [0.4, 0.5) is 4.79 Å². The zero-order valence-electron chi connectivity index (χ0n) is 14.3. The Labute approximate surface area is 134 Å². The monoisotopic (exact) mass is 312 g/mol. The molecule has 3 N–H and O–H groups in total. The first-order chi connectivity index (χ1) is 10.4. The highest BCUT2D eigenvalue weighted by Gasteiger charge is 2.31. The Kier molecular flexibility index (Phi) is 6.06. The van der Waals surface area contributed by atoms with E-state index in [4.69, 9.17) is 10.5 Å². The largest absolute Gasteiger partial charge is 0.444 e. The lowest BCUT2D eigenvalue weighted by atomic mass is 10.1. The zero-order valence-corrected chi connectivity index (χ0v) is 14.3. The van der Waals surface area contributed by atoms with Gasteiger partial charge in [0, 0.05) is 31.7 Å². The van der Waals surface area contributed by atoms with Crippen LogP contribution in [0.5, 0.6) is 0 Å². The molecule has 0 spiro atoms. The van der Waals surface area contributed by atoms with Crippen molar-refractivity contribution in [1.29, 1.82) is 0 Å². The Bertz CT molecular complexity index is 370. The van der Waals surface area contributed by atoms with Gasteiger partial charge in [0.15, 0.2) is 0 Å². The van der Waals surface area contributed by atoms with Crippen molar-refractivity contribution in [3.05, 3.63) is 0 Å². The minimum Gasteiger partial charge on any atom is -0.444 e. The molecule has 128 valence electrons. The normalized spacial score (nSPS) is 25.4. The highest BCUT2D eigenvalue weighted by Crippen LogP contribution is 2.22. The van der Waals surface area contributed by atoms with Gasteiger partial charge in [-0.3, -0.25) is 9.80 Å². The van der Waals surface area contributed by atoms with Gasteiger partial charge in [-0.1, -0.05) is 0 Å². The van der Waals surface area contributed by atoms with Gasteiger partial charge >= 0.3 is 6.09 Å². The van der Waals surface area contributed by atoms with E-state index in [9.17, 15) is 4.79 Å². The molecule has 0 bridgehead atoms. The van der Waals surface area contributed by atoms with Crippen LogP contribution in [0.1, 0.15) is 40.0 Å². The fourth-order valence-electron chi connectivity index (χ4n) is 3.44. The highest BCUT2D eigenvalue weighted by molar-refractivity contribution is 5.67. The summed E-state index contributed by atoms with van der Waals surface area (Å²) in [7, 11) is 0. The Morgan fingerprint density at radius 2 is 2.05 bits per heavy atom. The van der Waals surface area contributed by atoms with Gasteiger partial charge in [-0.05, 0) is 59.7 Å². The molecule has 2 aliphatic rings. The molecule has 2 heterocycles. The summed E-state index contributed by atoms with van der Waals surface area (Å²) in [6.45, 7) is 11.3. The number of nitrogens with zero attached hydrogens (tertiary/aromatic N) is 2. The molecule has 0 aliphatic carbocycles. The predicted molar refractivity (Wildman–Crippen MR) is 87.9 cm³/mol. The van der Waals surface area contributed by atoms with Gasteiger partial charge in [0.2, 0.25) is 0 Å². The first kappa shape index (κ1) is 17.5. The molecule has 0 aromatic carbocycles. The summed E-state index contributed by atoms with van der Waals surface area (Å²) in [6, 6.07) is 0.853. The number of alkyl carbamates (subject to hydrolysis) is 1. The summed E-state index contributed by atoms with van der Waals surface area (Å²) in [5.74, 6) is 0. The molecule has 0 radical (unpaired) electrons. The van der Waals surface area contributed by atoms with Gasteiger partial charge in [-0.25, -0.2) is 4.79 Å². The smallest absolute Gasteiger partial charge is 0.407 e. The summed E-state index contributed by atoms with van der Waals surface area (Å²) in [4.78, 5) is 16.9. The third-order valence-corrected chi connectivity index (χ3v) is 4.50. The molecular weight excluding hydrogens is 280 g/mol. The molecule has 2 atom stereocenters. The number of fused-ring (bicyclic) bond motifs is 1. The third-order valence-electron chi connectivity index (χ3n) is 4.50. The number of rotatable bonds is 4. The van der Waals surface area contributed by atoms with Crippen LogP contribution in [0.25, 0.3) is 0 Å². The maximum Gasteiger partial charge on any atom is 0.407 e. The lowest BCUT2D eigenvalue weighted by molar-refractivity contribution is 0.0506. The maximum atomic E-state index is 11.8. The summed E-state index contributed by atoms with van der Waals surface area (Å²) in [5, 5.41) is 2.87. The molecule has 2 unspecified atom stereocenters. The van der Waals surface area contributed by atoms with Crippen molar-refractivity contribution >= 4 is 6.09 Å². The van der Waals surface area contributed by atoms with Crippen molar-refractivity contribution in [3.63, 3.8) is 0 Å². The van der Waals surface area contributed by atoms with Crippen LogP contribution < -0.4 is 11.1 Å². The van der Waals surface area contributed by atoms with Crippen molar-refractivity contribution < 1.29 is 9.53 Å². The first-order valence-electron chi connectivity index (χ1n) is 8.54. The topological polar surface area (TPSA) is 70.8 Å². The standard InChI is InChI=1S/C16H32N4O2/c1-16(2,3)22-15(21)18-11-14(10-17)20-9-5-8-19-7-4-6-13(19)12-20/h13-14H,4-12,17H2,1-3H3,(H,18,21). The molecule has 2 aliphatic heterocycles. The molecule has 6 nitrogen and oxygen atoms in total. The second kappa shape index (κ2) is 7.62. The summed E-state index contributed by atoms with van der Waals surface area (Å²) in [6.07, 6.45) is 3.41. The predicted octanol–water partition coefficient (Wildman–Crippen LogP) is 1.01. The molecular formula is C16H32N4O2. The number of ether oxygens (including phenoxy) is 1. The summed E-state index contributed by atoms with van der Waals surface area (Å²) >= 11 is 0. The lowest BCUT2D eigenvalue weighted by Gasteiger charge is -2.32. The molecule has 22 heavy (non-hydrogen) atoms. The SMILES string of the molecule is CC(C)(C)OC(=O)NCC(CN)N1CCCN2CCCC2C1. The molecule has 2 rings (SSSR count). The number of hydrogen-bond acceptors (Lipinski definition) is 5. The van der Waals surface area contributed by atoms with Crippen molar-refractivity contribution in [1.82, 2.24) is 15.1 Å². The van der Waals surface area contributed by atoms with E-state index in [0.29, 0.717) is 19.1 Å². The van der Waals surface area contributed by atoms with Crippen molar-refractivity contribution in [2.75, 3.05) is 39.3 Å². The summed E-state index contributed by atoms with van der Waals surface area (Å²) in [5.41, 5.74) is 5.49. The number of carbonyl (C=O) groups excluding carboxylic acids is 1. The minimum absolute atomic E-state index is 0.188. The molecule has 2 saturated heterocycles. The number of amides is 1. The minimum atomic E-state index is -0.463. The average molecular weight is 312 g/mol. The van der Waals surface area contributed by atoms with Crippen LogP contribution in [-0.4, -0.2) is 72.8 Å². The van der Waals surface area contributed by atoms with Gasteiger partial charge in [0.25, 0.3) is 0 Å². The van der Waals surface area contributed by atoms with Crippen LogP contribution >= 0.6 is 0 Å². The number of nitrogens with two attached hydrogens (primary N) is 1. The van der Waals surface area contributed by atoms with Crippen molar-refractivity contribution in [2.24, 2.45) is 5.73 Å². The van der Waals surface area contributed by atoms with Crippen molar-refractivity contribution in [3.8, 4) is 0 Å². The van der Waals surface area contributed by atoms with Crippen LogP contribution in [0.2, 0.25) is 0 Å². The van der Waals surface area contributed by atoms with Crippen molar-refractivity contribution in [2.45, 2.75) is 57.7 Å². The van der Waals surface area contributed by atoms with E-state index in [-0.39, 0.29) is 12.1 Å². The quantitative estimate of drug-likeness (QED) is 0.811. The maximum absolute atomic E-state index is 11.8. The van der Waals surface area contributed by atoms with E-state index in [2.05, 4.69) is 15.1 Å². The van der Waals surface area contributed by atoms with E-state index in [1.807, 2.05) is 20.8 Å². The third kappa shape index (κ3) is 5.11. The fraction of sp³-hybridized carbons (Fsp3) is 0.938. The Hall–Kier alpha value is -0.850. The van der Waals surface area contributed by atoms with Gasteiger partial charge in [0.1, 0.15) is 5.60 Å². The van der Waals surface area contributed by atoms with Gasteiger partial charge in [0.05, 0.1) is 0 Å². The van der Waals surface area contributed by atoms with E-state index in [1.54, 1.807) is 0 Å². The molecule has 0 aromatic rings. The Morgan fingerprint density at radius 3 is 2.73 bits per heavy atom. The van der Waals surface area contributed by atoms with Crippen LogP contribution in [0.15, 0.2) is 0 Å². The fourth-order valence-corrected chi connectivity index (χ4v) is 3.44. The molecule has 0 saturated carbocycles. The van der Waals surface area contributed by atoms with Crippen LogP contribution in [0.3, 0.4) is 0 Å². The Balaban J connectivity index is 1.83. The van der Waals surface area contributed by atoms with E-state index in [1.165, 1.54) is 32.4 Å².